The minimum absolute atomic E-state index is 0.162. The number of aliphatic imine (C=N–C) groups is 2. The molecule has 1 saturated heterocycles. The molecule has 2 amide bonds. The highest BCUT2D eigenvalue weighted by Crippen LogP contribution is 2.34. The van der Waals surface area contributed by atoms with Crippen LogP contribution < -0.4 is 5.32 Å². The third-order valence-corrected chi connectivity index (χ3v) is 7.96. The number of aliphatic carboxylic acids is 1. The zero-order valence-electron chi connectivity index (χ0n) is 24.3. The van der Waals surface area contributed by atoms with Crippen LogP contribution in [-0.4, -0.2) is 70.8 Å². The first-order valence-corrected chi connectivity index (χ1v) is 14.6. The predicted molar refractivity (Wildman–Crippen MR) is 162 cm³/mol. The van der Waals surface area contributed by atoms with Gasteiger partial charge in [0.05, 0.1) is 18.0 Å². The van der Waals surface area contributed by atoms with Gasteiger partial charge in [-0.15, -0.1) is 0 Å². The number of nitrogens with zero attached hydrogens (tertiary/aromatic N) is 3. The van der Waals surface area contributed by atoms with Gasteiger partial charge in [-0.25, -0.2) is 9.59 Å². The smallest absolute Gasteiger partial charge is 0.407 e. The van der Waals surface area contributed by atoms with Gasteiger partial charge in [0.25, 0.3) is 0 Å². The molecule has 2 aromatic rings. The lowest BCUT2D eigenvalue weighted by atomic mass is 9.85. The van der Waals surface area contributed by atoms with Crippen LogP contribution in [0.1, 0.15) is 63.1 Å². The lowest BCUT2D eigenvalue weighted by molar-refractivity contribution is -0.150. The van der Waals surface area contributed by atoms with Gasteiger partial charge in [-0.2, -0.15) is 0 Å². The number of carbonyl (C=O) groups excluding carboxylic acids is 2. The van der Waals surface area contributed by atoms with Crippen LogP contribution in [0.15, 0.2) is 70.7 Å². The lowest BCUT2D eigenvalue weighted by Gasteiger charge is -2.34. The molecule has 0 saturated carbocycles. The number of hydrogen-bond acceptors (Lipinski definition) is 6. The molecular weight excluding hydrogens is 532 g/mol. The van der Waals surface area contributed by atoms with E-state index in [1.807, 2.05) is 69.3 Å². The molecule has 3 aliphatic heterocycles. The molecule has 3 heterocycles. The number of hydrogen-bond donors (Lipinski definition) is 2. The third-order valence-electron chi connectivity index (χ3n) is 7.96. The Morgan fingerprint density at radius 2 is 1.71 bits per heavy atom. The number of nitrogens with one attached hydrogen (secondary N) is 1. The summed E-state index contributed by atoms with van der Waals surface area (Å²) in [6.07, 6.45) is 5.49. The molecular formula is C33H38N4O5. The summed E-state index contributed by atoms with van der Waals surface area (Å²) in [7, 11) is 0. The van der Waals surface area contributed by atoms with Crippen LogP contribution in [0.3, 0.4) is 0 Å². The molecule has 9 heteroatoms. The zero-order chi connectivity index (χ0) is 29.9. The molecule has 1 fully saturated rings. The molecule has 0 aliphatic carbocycles. The Morgan fingerprint density at radius 1 is 1.00 bits per heavy atom. The molecule has 1 unspecified atom stereocenters. The molecule has 3 aliphatic rings. The first-order valence-electron chi connectivity index (χ1n) is 14.6. The second kappa shape index (κ2) is 12.3. The number of benzene rings is 2. The van der Waals surface area contributed by atoms with Gasteiger partial charge in [0.2, 0.25) is 5.91 Å². The van der Waals surface area contributed by atoms with Crippen LogP contribution >= 0.6 is 0 Å². The van der Waals surface area contributed by atoms with Crippen LogP contribution in [0.4, 0.5) is 4.79 Å². The van der Waals surface area contributed by atoms with E-state index in [-0.39, 0.29) is 25.5 Å². The summed E-state index contributed by atoms with van der Waals surface area (Å²) in [5.74, 6) is -1.85. The molecule has 2 N–H and O–H groups in total. The highest BCUT2D eigenvalue weighted by atomic mass is 16.5. The molecule has 5 rings (SSSR count). The monoisotopic (exact) mass is 570 g/mol. The SMILES string of the molecule is CC(C)(C)[C@@H]1NC(=O)OCCCC/C=C/c2cccc(c2)C2=NC(N=C2c2ccccc2)[C@@H]2C[C@@H](C(=O)O)N(C2)C1=O. The topological polar surface area (TPSA) is 121 Å². The van der Waals surface area contributed by atoms with E-state index < -0.39 is 41.6 Å². The van der Waals surface area contributed by atoms with Crippen molar-refractivity contribution in [3.63, 3.8) is 0 Å². The van der Waals surface area contributed by atoms with E-state index in [9.17, 15) is 19.5 Å². The van der Waals surface area contributed by atoms with Crippen molar-refractivity contribution in [1.82, 2.24) is 10.2 Å². The number of ether oxygens (including phenoxy) is 1. The number of carbonyl (C=O) groups is 3. The number of fused-ring (bicyclic) bond motifs is 7. The fourth-order valence-electron chi connectivity index (χ4n) is 5.72. The van der Waals surface area contributed by atoms with E-state index in [1.165, 1.54) is 4.90 Å². The number of carboxylic acids is 1. The largest absolute Gasteiger partial charge is 0.480 e. The fourth-order valence-corrected chi connectivity index (χ4v) is 5.72. The van der Waals surface area contributed by atoms with Crippen molar-refractivity contribution < 1.29 is 24.2 Å². The summed E-state index contributed by atoms with van der Waals surface area (Å²) in [4.78, 5) is 50.5. The number of rotatable bonds is 2. The Morgan fingerprint density at radius 3 is 2.43 bits per heavy atom. The van der Waals surface area contributed by atoms with Crippen molar-refractivity contribution >= 4 is 35.5 Å². The molecule has 6 bridgehead atoms. The minimum atomic E-state index is -1.09. The summed E-state index contributed by atoms with van der Waals surface area (Å²) >= 11 is 0. The standard InChI is InChI=1S/C33H38N4O5/c1-33(2,3)28-30(38)37-20-24(19-25(37)31(39)40)29-34-26(22-14-8-6-9-15-22)27(35-29)23-16-11-13-21(18-23)12-7-4-5-10-17-42-32(41)36-28/h6-9,11-16,18,24-25,28-29H,4-5,10,17,19-20H2,1-3H3,(H,36,41)(H,39,40)/b12-7+/t24-,25+,28-,29?/m1/s1. The Bertz CT molecular complexity index is 1430. The molecule has 4 atom stereocenters. The van der Waals surface area contributed by atoms with Gasteiger partial charge in [0.15, 0.2) is 0 Å². The Kier molecular flexibility index (Phi) is 8.56. The number of cyclic esters (lactones) is 1. The Hall–Kier alpha value is -4.27. The zero-order valence-corrected chi connectivity index (χ0v) is 24.3. The van der Waals surface area contributed by atoms with E-state index in [4.69, 9.17) is 14.7 Å². The van der Waals surface area contributed by atoms with E-state index in [0.29, 0.717) is 6.42 Å². The summed E-state index contributed by atoms with van der Waals surface area (Å²) < 4.78 is 5.38. The number of amides is 2. The van der Waals surface area contributed by atoms with Crippen molar-refractivity contribution in [1.29, 1.82) is 0 Å². The summed E-state index contributed by atoms with van der Waals surface area (Å²) in [6.45, 7) is 5.89. The number of alkyl carbamates (subject to hydrolysis) is 1. The molecule has 0 spiro atoms. The van der Waals surface area contributed by atoms with Crippen molar-refractivity contribution in [3.05, 3.63) is 77.4 Å². The first kappa shape index (κ1) is 29.2. The van der Waals surface area contributed by atoms with Gasteiger partial charge >= 0.3 is 12.1 Å². The maximum absolute atomic E-state index is 13.9. The quantitative estimate of drug-likeness (QED) is 0.530. The first-order chi connectivity index (χ1) is 20.1. The molecule has 2 aromatic carbocycles. The van der Waals surface area contributed by atoms with Crippen LogP contribution in [0.2, 0.25) is 0 Å². The normalized spacial score (nSPS) is 26.0. The van der Waals surface area contributed by atoms with Crippen molar-refractivity contribution in [2.45, 2.75) is 64.7 Å². The maximum atomic E-state index is 13.9. The minimum Gasteiger partial charge on any atom is -0.480 e. The van der Waals surface area contributed by atoms with E-state index in [1.54, 1.807) is 0 Å². The Labute approximate surface area is 246 Å². The summed E-state index contributed by atoms with van der Waals surface area (Å²) in [6, 6.07) is 16.0. The van der Waals surface area contributed by atoms with E-state index in [2.05, 4.69) is 23.5 Å². The molecule has 220 valence electrons. The lowest BCUT2D eigenvalue weighted by Crippen LogP contribution is -2.56. The van der Waals surface area contributed by atoms with Crippen molar-refractivity contribution in [2.24, 2.45) is 21.3 Å². The number of carboxylic acid groups (broad SMARTS) is 1. The van der Waals surface area contributed by atoms with Crippen molar-refractivity contribution in [3.8, 4) is 0 Å². The van der Waals surface area contributed by atoms with Gasteiger partial charge in [0, 0.05) is 23.6 Å². The van der Waals surface area contributed by atoms with E-state index in [0.717, 1.165) is 41.0 Å². The second-order valence-electron chi connectivity index (χ2n) is 12.2. The Balaban J connectivity index is 1.55. The average Bonchev–Trinajstić information content (AvgIpc) is 3.60. The van der Waals surface area contributed by atoms with Crippen LogP contribution in [0, 0.1) is 11.3 Å². The fraction of sp³-hybridized carbons (Fsp3) is 0.424. The summed E-state index contributed by atoms with van der Waals surface area (Å²) in [5.41, 5.74) is 3.72. The van der Waals surface area contributed by atoms with Gasteiger partial charge < -0.3 is 20.1 Å². The van der Waals surface area contributed by atoms with Crippen molar-refractivity contribution in [2.75, 3.05) is 13.2 Å². The molecule has 42 heavy (non-hydrogen) atoms. The van der Waals surface area contributed by atoms with Crippen LogP contribution in [0.25, 0.3) is 6.08 Å². The maximum Gasteiger partial charge on any atom is 0.407 e. The van der Waals surface area contributed by atoms with Gasteiger partial charge in [-0.05, 0) is 42.7 Å². The highest BCUT2D eigenvalue weighted by Gasteiger charge is 2.47. The molecule has 0 radical (unpaired) electrons. The average molecular weight is 571 g/mol. The van der Waals surface area contributed by atoms with Crippen LogP contribution in [-0.2, 0) is 14.3 Å². The second-order valence-corrected chi connectivity index (χ2v) is 12.2. The van der Waals surface area contributed by atoms with Gasteiger partial charge in [-0.3, -0.25) is 14.8 Å². The van der Waals surface area contributed by atoms with E-state index >= 15 is 0 Å². The summed E-state index contributed by atoms with van der Waals surface area (Å²) in [5, 5.41) is 12.9. The third kappa shape index (κ3) is 6.45. The highest BCUT2D eigenvalue weighted by molar-refractivity contribution is 6.54. The van der Waals surface area contributed by atoms with Crippen LogP contribution in [0.5, 0.6) is 0 Å². The molecule has 0 aromatic heterocycles. The number of allylic oxidation sites excluding steroid dienone is 1. The molecule has 9 nitrogen and oxygen atoms in total. The van der Waals surface area contributed by atoms with Gasteiger partial charge in [0.1, 0.15) is 18.2 Å². The van der Waals surface area contributed by atoms with Gasteiger partial charge in [-0.1, -0.05) is 81.5 Å². The predicted octanol–water partition coefficient (Wildman–Crippen LogP) is 4.94.